The molecule has 0 bridgehead atoms. The standard InChI is InChI=1S/C31H46N2O6/c1-30(2)19-38-31(3,4)39-26(30)28(35)32-18-24(29(36)37)23-14-8-9-16-25(23)33-27(34)22-15-10-13-21(22)17-20-11-6-5-7-12-20/h5-7,11-12,21-26H,8-10,13-19H2,1-4H3,(H,32,35)(H,33,34)(H,36,37). The molecule has 0 radical (unpaired) electrons. The predicted octanol–water partition coefficient (Wildman–Crippen LogP) is 4.32. The maximum Gasteiger partial charge on any atom is 0.308 e. The van der Waals surface area contributed by atoms with Crippen molar-refractivity contribution in [3.8, 4) is 0 Å². The normalized spacial score (nSPS) is 30.7. The van der Waals surface area contributed by atoms with Crippen molar-refractivity contribution in [1.29, 1.82) is 0 Å². The number of amides is 2. The van der Waals surface area contributed by atoms with E-state index in [1.807, 2.05) is 32.0 Å². The molecule has 3 fully saturated rings. The third-order valence-corrected chi connectivity index (χ3v) is 8.96. The van der Waals surface area contributed by atoms with E-state index in [1.165, 1.54) is 5.56 Å². The van der Waals surface area contributed by atoms with Crippen LogP contribution in [0.2, 0.25) is 0 Å². The van der Waals surface area contributed by atoms with Crippen molar-refractivity contribution in [1.82, 2.24) is 10.6 Å². The van der Waals surface area contributed by atoms with Gasteiger partial charge < -0.3 is 25.2 Å². The first-order chi connectivity index (χ1) is 18.5. The minimum atomic E-state index is -0.947. The Hall–Kier alpha value is -2.45. The second-order valence-electron chi connectivity index (χ2n) is 12.9. The largest absolute Gasteiger partial charge is 0.481 e. The molecular formula is C31H46N2O6. The highest BCUT2D eigenvalue weighted by atomic mass is 16.7. The van der Waals surface area contributed by atoms with Crippen molar-refractivity contribution in [3.63, 3.8) is 0 Å². The van der Waals surface area contributed by atoms with Gasteiger partial charge in [-0.1, -0.05) is 63.4 Å². The van der Waals surface area contributed by atoms with E-state index in [1.54, 1.807) is 13.8 Å². The van der Waals surface area contributed by atoms with Gasteiger partial charge in [0.15, 0.2) is 5.79 Å². The van der Waals surface area contributed by atoms with Crippen molar-refractivity contribution in [2.45, 2.75) is 97.0 Å². The monoisotopic (exact) mass is 542 g/mol. The van der Waals surface area contributed by atoms with Crippen molar-refractivity contribution in [3.05, 3.63) is 35.9 Å². The fraction of sp³-hybridized carbons (Fsp3) is 0.710. The van der Waals surface area contributed by atoms with Crippen molar-refractivity contribution < 1.29 is 29.0 Å². The van der Waals surface area contributed by atoms with Crippen LogP contribution in [0.4, 0.5) is 0 Å². The Labute approximate surface area is 232 Å². The van der Waals surface area contributed by atoms with Gasteiger partial charge in [-0.3, -0.25) is 14.4 Å². The Morgan fingerprint density at radius 2 is 1.69 bits per heavy atom. The molecule has 2 aliphatic carbocycles. The molecule has 3 N–H and O–H groups in total. The summed E-state index contributed by atoms with van der Waals surface area (Å²) in [4.78, 5) is 39.1. The molecule has 0 aromatic heterocycles. The summed E-state index contributed by atoms with van der Waals surface area (Å²) in [6.45, 7) is 7.72. The molecule has 8 heteroatoms. The van der Waals surface area contributed by atoms with Gasteiger partial charge in [-0.15, -0.1) is 0 Å². The average molecular weight is 543 g/mol. The average Bonchev–Trinajstić information content (AvgIpc) is 3.35. The van der Waals surface area contributed by atoms with Gasteiger partial charge in [0.1, 0.15) is 6.10 Å². The summed E-state index contributed by atoms with van der Waals surface area (Å²) in [7, 11) is 0. The highest BCUT2D eigenvalue weighted by molar-refractivity contribution is 5.83. The molecule has 1 saturated heterocycles. The van der Waals surface area contributed by atoms with Crippen LogP contribution in [0.15, 0.2) is 30.3 Å². The molecule has 39 heavy (non-hydrogen) atoms. The zero-order valence-electron chi connectivity index (χ0n) is 23.9. The lowest BCUT2D eigenvalue weighted by atomic mass is 9.75. The van der Waals surface area contributed by atoms with Crippen LogP contribution in [0.5, 0.6) is 0 Å². The molecule has 1 heterocycles. The highest BCUT2D eigenvalue weighted by Crippen LogP contribution is 2.37. The maximum absolute atomic E-state index is 13.5. The van der Waals surface area contributed by atoms with E-state index in [4.69, 9.17) is 9.47 Å². The lowest BCUT2D eigenvalue weighted by Crippen LogP contribution is -2.57. The van der Waals surface area contributed by atoms with Crippen molar-refractivity contribution in [2.24, 2.45) is 29.1 Å². The maximum atomic E-state index is 13.5. The fourth-order valence-corrected chi connectivity index (χ4v) is 6.70. The van der Waals surface area contributed by atoms with Gasteiger partial charge in [-0.05, 0) is 63.4 Å². The summed E-state index contributed by atoms with van der Waals surface area (Å²) < 4.78 is 11.7. The van der Waals surface area contributed by atoms with E-state index in [0.29, 0.717) is 18.9 Å². The Balaban J connectivity index is 1.39. The molecule has 1 aliphatic heterocycles. The van der Waals surface area contributed by atoms with Crippen LogP contribution in [-0.2, 0) is 30.3 Å². The highest BCUT2D eigenvalue weighted by Gasteiger charge is 2.46. The molecule has 4 rings (SSSR count). The summed E-state index contributed by atoms with van der Waals surface area (Å²) in [6, 6.07) is 10.1. The molecule has 1 aromatic rings. The smallest absolute Gasteiger partial charge is 0.308 e. The molecular weight excluding hydrogens is 496 g/mol. The number of carboxylic acids is 1. The van der Waals surface area contributed by atoms with E-state index in [9.17, 15) is 19.5 Å². The van der Waals surface area contributed by atoms with E-state index in [2.05, 4.69) is 22.8 Å². The summed E-state index contributed by atoms with van der Waals surface area (Å²) in [6.07, 6.45) is 6.42. The number of hydrogen-bond acceptors (Lipinski definition) is 5. The zero-order chi connectivity index (χ0) is 28.2. The molecule has 6 atom stereocenters. The Morgan fingerprint density at radius 3 is 2.41 bits per heavy atom. The molecule has 8 nitrogen and oxygen atoms in total. The lowest BCUT2D eigenvalue weighted by molar-refractivity contribution is -0.304. The van der Waals surface area contributed by atoms with E-state index in [0.717, 1.165) is 44.9 Å². The van der Waals surface area contributed by atoms with Gasteiger partial charge in [-0.2, -0.15) is 0 Å². The van der Waals surface area contributed by atoms with Gasteiger partial charge in [0.25, 0.3) is 0 Å². The van der Waals surface area contributed by atoms with Crippen LogP contribution in [0.25, 0.3) is 0 Å². The third-order valence-electron chi connectivity index (χ3n) is 8.96. The van der Waals surface area contributed by atoms with E-state index in [-0.39, 0.29) is 36.2 Å². The second kappa shape index (κ2) is 12.4. The summed E-state index contributed by atoms with van der Waals surface area (Å²) >= 11 is 0. The van der Waals surface area contributed by atoms with Crippen LogP contribution in [0, 0.1) is 29.1 Å². The van der Waals surface area contributed by atoms with Crippen LogP contribution in [-0.4, -0.2) is 54.0 Å². The summed E-state index contributed by atoms with van der Waals surface area (Å²) in [5.74, 6) is -2.89. The minimum Gasteiger partial charge on any atom is -0.481 e. The number of carbonyl (C=O) groups is 3. The number of carboxylic acid groups (broad SMARTS) is 1. The topological polar surface area (TPSA) is 114 Å². The Morgan fingerprint density at radius 1 is 0.974 bits per heavy atom. The fourth-order valence-electron chi connectivity index (χ4n) is 6.70. The van der Waals surface area contributed by atoms with Crippen molar-refractivity contribution >= 4 is 17.8 Å². The molecule has 0 spiro atoms. The van der Waals surface area contributed by atoms with Gasteiger partial charge in [0.2, 0.25) is 11.8 Å². The van der Waals surface area contributed by atoms with Gasteiger partial charge in [0, 0.05) is 23.9 Å². The quantitative estimate of drug-likeness (QED) is 0.428. The first kappa shape index (κ1) is 29.5. The molecule has 6 unspecified atom stereocenters. The van der Waals surface area contributed by atoms with Crippen molar-refractivity contribution in [2.75, 3.05) is 13.2 Å². The van der Waals surface area contributed by atoms with Crippen LogP contribution in [0.1, 0.15) is 78.2 Å². The number of carbonyl (C=O) groups excluding carboxylic acids is 2. The molecule has 2 amide bonds. The number of benzene rings is 1. The van der Waals surface area contributed by atoms with Crippen LogP contribution >= 0.6 is 0 Å². The van der Waals surface area contributed by atoms with Gasteiger partial charge in [0.05, 0.1) is 12.5 Å². The number of nitrogens with one attached hydrogen (secondary N) is 2. The lowest BCUT2D eigenvalue weighted by Gasteiger charge is -2.45. The van der Waals surface area contributed by atoms with Gasteiger partial charge in [-0.25, -0.2) is 0 Å². The summed E-state index contributed by atoms with van der Waals surface area (Å²) in [5.41, 5.74) is 0.705. The Bertz CT molecular complexity index is 1010. The van der Waals surface area contributed by atoms with Crippen LogP contribution < -0.4 is 10.6 Å². The first-order valence-corrected chi connectivity index (χ1v) is 14.6. The molecule has 2 saturated carbocycles. The van der Waals surface area contributed by atoms with E-state index < -0.39 is 29.2 Å². The predicted molar refractivity (Wildman–Crippen MR) is 148 cm³/mol. The minimum absolute atomic E-state index is 0.00247. The number of hydrogen-bond donors (Lipinski definition) is 3. The second-order valence-corrected chi connectivity index (χ2v) is 12.9. The number of aliphatic carboxylic acids is 1. The third kappa shape index (κ3) is 7.40. The first-order valence-electron chi connectivity index (χ1n) is 14.6. The number of rotatable bonds is 9. The SMILES string of the molecule is CC1(C)OCC(C)(C)C(C(=O)NCC(C(=O)O)C2CCCCC2NC(=O)C2CCCC2Cc2ccccc2)O1. The molecule has 3 aliphatic rings. The number of ether oxygens (including phenoxy) is 2. The Kier molecular flexibility index (Phi) is 9.37. The zero-order valence-corrected chi connectivity index (χ0v) is 23.9. The molecule has 1 aromatic carbocycles. The van der Waals surface area contributed by atoms with Gasteiger partial charge >= 0.3 is 5.97 Å². The van der Waals surface area contributed by atoms with Crippen LogP contribution in [0.3, 0.4) is 0 Å². The summed E-state index contributed by atoms with van der Waals surface area (Å²) in [5, 5.41) is 16.3. The molecule has 216 valence electrons. The van der Waals surface area contributed by atoms with E-state index >= 15 is 0 Å².